The van der Waals surface area contributed by atoms with Crippen LogP contribution in [0.15, 0.2) is 65.1 Å². The Morgan fingerprint density at radius 3 is 2.50 bits per heavy atom. The van der Waals surface area contributed by atoms with Crippen molar-refractivity contribution >= 4 is 61.3 Å². The molecule has 0 unspecified atom stereocenters. The molecule has 1 heterocycles. The van der Waals surface area contributed by atoms with Crippen molar-refractivity contribution in [2.24, 2.45) is 0 Å². The molecule has 0 fully saturated rings. The van der Waals surface area contributed by atoms with Gasteiger partial charge in [-0.05, 0) is 55.0 Å². The quantitative estimate of drug-likeness (QED) is 0.334. The Hall–Kier alpha value is -2.22. The SMILES string of the molecule is CCOC(=O)c1cc(Cc2ccccc2)sc1NC(=S)Nc1ccc(Br)cc1. The van der Waals surface area contributed by atoms with Crippen LogP contribution in [0.25, 0.3) is 0 Å². The van der Waals surface area contributed by atoms with E-state index in [9.17, 15) is 4.79 Å². The number of hydrogen-bond acceptors (Lipinski definition) is 4. The largest absolute Gasteiger partial charge is 0.462 e. The Balaban J connectivity index is 1.78. The van der Waals surface area contributed by atoms with Crippen molar-refractivity contribution in [2.45, 2.75) is 13.3 Å². The molecule has 0 amide bonds. The molecule has 0 saturated carbocycles. The van der Waals surface area contributed by atoms with Crippen LogP contribution in [0.5, 0.6) is 0 Å². The van der Waals surface area contributed by atoms with Gasteiger partial charge in [-0.25, -0.2) is 4.79 Å². The van der Waals surface area contributed by atoms with Gasteiger partial charge in [0.2, 0.25) is 0 Å². The lowest BCUT2D eigenvalue weighted by molar-refractivity contribution is 0.0528. The normalized spacial score (nSPS) is 10.4. The van der Waals surface area contributed by atoms with E-state index in [4.69, 9.17) is 17.0 Å². The minimum Gasteiger partial charge on any atom is -0.462 e. The highest BCUT2D eigenvalue weighted by molar-refractivity contribution is 9.10. The van der Waals surface area contributed by atoms with Gasteiger partial charge < -0.3 is 15.4 Å². The van der Waals surface area contributed by atoms with Crippen molar-refractivity contribution < 1.29 is 9.53 Å². The van der Waals surface area contributed by atoms with Crippen LogP contribution in [-0.4, -0.2) is 17.7 Å². The van der Waals surface area contributed by atoms with Crippen LogP contribution in [0.1, 0.15) is 27.7 Å². The highest BCUT2D eigenvalue weighted by atomic mass is 79.9. The van der Waals surface area contributed by atoms with Crippen molar-refractivity contribution in [1.29, 1.82) is 0 Å². The van der Waals surface area contributed by atoms with E-state index in [2.05, 4.69) is 38.7 Å². The molecule has 0 saturated heterocycles. The third kappa shape index (κ3) is 5.64. The topological polar surface area (TPSA) is 50.4 Å². The zero-order valence-electron chi connectivity index (χ0n) is 15.2. The number of anilines is 2. The van der Waals surface area contributed by atoms with Gasteiger partial charge in [0, 0.05) is 21.5 Å². The average Bonchev–Trinajstić information content (AvgIpc) is 3.06. The fourth-order valence-electron chi connectivity index (χ4n) is 2.58. The summed E-state index contributed by atoms with van der Waals surface area (Å²) in [5.74, 6) is -0.355. The predicted octanol–water partition coefficient (Wildman–Crippen LogP) is 6.09. The van der Waals surface area contributed by atoms with Gasteiger partial charge in [0.25, 0.3) is 0 Å². The highest BCUT2D eigenvalue weighted by Gasteiger charge is 2.18. The molecular formula is C21H19BrN2O2S2. The molecule has 7 heteroatoms. The van der Waals surface area contributed by atoms with E-state index in [1.807, 2.05) is 48.5 Å². The van der Waals surface area contributed by atoms with Crippen LogP contribution in [0, 0.1) is 0 Å². The first kappa shape index (κ1) is 20.5. The molecule has 2 N–H and O–H groups in total. The molecule has 0 aliphatic rings. The third-order valence-electron chi connectivity index (χ3n) is 3.83. The first-order valence-electron chi connectivity index (χ1n) is 8.72. The molecule has 4 nitrogen and oxygen atoms in total. The summed E-state index contributed by atoms with van der Waals surface area (Å²) >= 11 is 10.3. The van der Waals surface area contributed by atoms with Gasteiger partial charge in [-0.2, -0.15) is 0 Å². The van der Waals surface area contributed by atoms with Gasteiger partial charge in [0.1, 0.15) is 5.00 Å². The van der Waals surface area contributed by atoms with Gasteiger partial charge >= 0.3 is 5.97 Å². The van der Waals surface area contributed by atoms with Gasteiger partial charge in [-0.3, -0.25) is 0 Å². The zero-order chi connectivity index (χ0) is 19.9. The van der Waals surface area contributed by atoms with Crippen molar-refractivity contribution in [3.05, 3.63) is 81.1 Å². The van der Waals surface area contributed by atoms with Crippen molar-refractivity contribution in [3.63, 3.8) is 0 Å². The summed E-state index contributed by atoms with van der Waals surface area (Å²) in [6.45, 7) is 2.12. The minimum atomic E-state index is -0.355. The number of rotatable bonds is 6. The summed E-state index contributed by atoms with van der Waals surface area (Å²) in [6, 6.07) is 19.7. The lowest BCUT2D eigenvalue weighted by Gasteiger charge is -2.10. The molecule has 1 aromatic heterocycles. The number of halogens is 1. The smallest absolute Gasteiger partial charge is 0.341 e. The number of carbonyl (C=O) groups is 1. The van der Waals surface area contributed by atoms with E-state index >= 15 is 0 Å². The van der Waals surface area contributed by atoms with Gasteiger partial charge in [0.05, 0.1) is 12.2 Å². The van der Waals surface area contributed by atoms with Crippen LogP contribution in [-0.2, 0) is 11.2 Å². The molecule has 3 rings (SSSR count). The molecule has 144 valence electrons. The second-order valence-electron chi connectivity index (χ2n) is 5.92. The molecular weight excluding hydrogens is 456 g/mol. The van der Waals surface area contributed by atoms with E-state index in [1.165, 1.54) is 16.9 Å². The summed E-state index contributed by atoms with van der Waals surface area (Å²) in [5, 5.41) is 7.37. The van der Waals surface area contributed by atoms with Crippen molar-refractivity contribution in [2.75, 3.05) is 17.2 Å². The van der Waals surface area contributed by atoms with E-state index in [0.29, 0.717) is 22.3 Å². The second kappa shape index (κ2) is 9.82. The number of thiophene rings is 1. The first-order chi connectivity index (χ1) is 13.5. The number of nitrogens with one attached hydrogen (secondary N) is 2. The number of benzene rings is 2. The summed E-state index contributed by atoms with van der Waals surface area (Å²) < 4.78 is 6.20. The number of carbonyl (C=O) groups excluding carboxylic acids is 1. The molecule has 0 aliphatic heterocycles. The third-order valence-corrected chi connectivity index (χ3v) is 5.61. The average molecular weight is 475 g/mol. The molecule has 3 aromatic rings. The van der Waals surface area contributed by atoms with Gasteiger partial charge in [-0.15, -0.1) is 11.3 Å². The van der Waals surface area contributed by atoms with Crippen molar-refractivity contribution in [3.8, 4) is 0 Å². The van der Waals surface area contributed by atoms with Crippen LogP contribution < -0.4 is 10.6 Å². The maximum absolute atomic E-state index is 12.4. The maximum atomic E-state index is 12.4. The highest BCUT2D eigenvalue weighted by Crippen LogP contribution is 2.31. The van der Waals surface area contributed by atoms with Gasteiger partial charge in [0.15, 0.2) is 5.11 Å². The molecule has 0 bridgehead atoms. The van der Waals surface area contributed by atoms with Crippen molar-refractivity contribution in [1.82, 2.24) is 0 Å². The van der Waals surface area contributed by atoms with Crippen LogP contribution in [0.3, 0.4) is 0 Å². The van der Waals surface area contributed by atoms with E-state index < -0.39 is 0 Å². The Morgan fingerprint density at radius 2 is 1.82 bits per heavy atom. The lowest BCUT2D eigenvalue weighted by atomic mass is 10.1. The number of hydrogen-bond donors (Lipinski definition) is 2. The van der Waals surface area contributed by atoms with Gasteiger partial charge in [-0.1, -0.05) is 46.3 Å². The van der Waals surface area contributed by atoms with Crippen LogP contribution in [0.4, 0.5) is 10.7 Å². The standard InChI is InChI=1S/C21H19BrN2O2S2/c1-2-26-20(25)18-13-17(12-14-6-4-3-5-7-14)28-19(18)24-21(27)23-16-10-8-15(22)9-11-16/h3-11,13H,2,12H2,1H3,(H2,23,24,27). The van der Waals surface area contributed by atoms with Crippen LogP contribution >= 0.6 is 39.5 Å². The number of esters is 1. The monoisotopic (exact) mass is 474 g/mol. The number of ether oxygens (including phenoxy) is 1. The Kier molecular flexibility index (Phi) is 7.19. The fourth-order valence-corrected chi connectivity index (χ4v) is 4.21. The molecule has 0 radical (unpaired) electrons. The Labute approximate surface area is 182 Å². The predicted molar refractivity (Wildman–Crippen MR) is 124 cm³/mol. The maximum Gasteiger partial charge on any atom is 0.341 e. The lowest BCUT2D eigenvalue weighted by Crippen LogP contribution is -2.20. The van der Waals surface area contributed by atoms with Crippen LogP contribution in [0.2, 0.25) is 0 Å². The minimum absolute atomic E-state index is 0.323. The van der Waals surface area contributed by atoms with E-state index in [0.717, 1.165) is 21.5 Å². The molecule has 2 aromatic carbocycles. The second-order valence-corrected chi connectivity index (χ2v) is 8.39. The van der Waals surface area contributed by atoms with E-state index in [1.54, 1.807) is 6.92 Å². The molecule has 0 atom stereocenters. The molecule has 28 heavy (non-hydrogen) atoms. The molecule has 0 aliphatic carbocycles. The van der Waals surface area contributed by atoms with E-state index in [-0.39, 0.29) is 5.97 Å². The number of thiocarbonyl (C=S) groups is 1. The Morgan fingerprint density at radius 1 is 1.11 bits per heavy atom. The molecule has 0 spiro atoms. The summed E-state index contributed by atoms with van der Waals surface area (Å²) in [5.41, 5.74) is 2.54. The fraction of sp³-hybridized carbons (Fsp3) is 0.143. The summed E-state index contributed by atoms with van der Waals surface area (Å²) in [7, 11) is 0. The first-order valence-corrected chi connectivity index (χ1v) is 10.7. The zero-order valence-corrected chi connectivity index (χ0v) is 18.4. The Bertz CT molecular complexity index is 956. The summed E-state index contributed by atoms with van der Waals surface area (Å²) in [6.07, 6.45) is 0.743. The summed E-state index contributed by atoms with van der Waals surface area (Å²) in [4.78, 5) is 13.4.